The van der Waals surface area contributed by atoms with Gasteiger partial charge in [-0.3, -0.25) is 5.32 Å². The van der Waals surface area contributed by atoms with Crippen molar-refractivity contribution in [3.8, 4) is 6.07 Å². The van der Waals surface area contributed by atoms with Crippen LogP contribution in [0.1, 0.15) is 39.0 Å². The van der Waals surface area contributed by atoms with Gasteiger partial charge in [0.25, 0.3) is 0 Å². The molecule has 84 valence electrons. The van der Waals surface area contributed by atoms with Gasteiger partial charge in [0.2, 0.25) is 0 Å². The monoisotopic (exact) mass is 207 g/mol. The summed E-state index contributed by atoms with van der Waals surface area (Å²) in [4.78, 5) is 2.51. The highest BCUT2D eigenvalue weighted by molar-refractivity contribution is 4.96. The van der Waals surface area contributed by atoms with Gasteiger partial charge in [-0.25, -0.2) is 0 Å². The molecular formula is C12H21N3. The topological polar surface area (TPSA) is 39.1 Å². The highest BCUT2D eigenvalue weighted by Crippen LogP contribution is 2.26. The Labute approximate surface area is 92.4 Å². The van der Waals surface area contributed by atoms with Crippen molar-refractivity contribution in [3.63, 3.8) is 0 Å². The van der Waals surface area contributed by atoms with E-state index in [1.165, 1.54) is 25.7 Å². The van der Waals surface area contributed by atoms with E-state index in [2.05, 4.69) is 23.2 Å². The molecule has 2 saturated carbocycles. The molecule has 2 rings (SSSR count). The molecule has 0 spiro atoms. The Morgan fingerprint density at radius 2 is 2.13 bits per heavy atom. The van der Waals surface area contributed by atoms with Gasteiger partial charge in [0, 0.05) is 18.6 Å². The van der Waals surface area contributed by atoms with E-state index in [0.717, 1.165) is 25.6 Å². The van der Waals surface area contributed by atoms with Gasteiger partial charge in [-0.2, -0.15) is 5.26 Å². The van der Waals surface area contributed by atoms with Gasteiger partial charge < -0.3 is 4.90 Å². The average Bonchev–Trinajstić information content (AvgIpc) is 3.10. The molecule has 2 aliphatic rings. The molecule has 0 saturated heterocycles. The second-order valence-corrected chi connectivity index (χ2v) is 4.77. The summed E-state index contributed by atoms with van der Waals surface area (Å²) >= 11 is 0. The Morgan fingerprint density at radius 1 is 1.40 bits per heavy atom. The van der Waals surface area contributed by atoms with Crippen molar-refractivity contribution >= 4 is 0 Å². The number of nitriles is 1. The molecular weight excluding hydrogens is 186 g/mol. The first-order chi connectivity index (χ1) is 7.33. The van der Waals surface area contributed by atoms with Crippen molar-refractivity contribution < 1.29 is 0 Å². The third-order valence-corrected chi connectivity index (χ3v) is 3.34. The fraction of sp³-hybridized carbons (Fsp3) is 0.917. The zero-order valence-corrected chi connectivity index (χ0v) is 9.58. The maximum absolute atomic E-state index is 9.01. The van der Waals surface area contributed by atoms with Crippen molar-refractivity contribution in [1.29, 1.82) is 5.26 Å². The molecule has 0 aromatic carbocycles. The molecule has 0 aromatic heterocycles. The zero-order valence-electron chi connectivity index (χ0n) is 9.58. The van der Waals surface area contributed by atoms with Crippen LogP contribution in [0.3, 0.4) is 0 Å². The molecule has 3 nitrogen and oxygen atoms in total. The van der Waals surface area contributed by atoms with E-state index in [1.807, 2.05) is 0 Å². The predicted molar refractivity (Wildman–Crippen MR) is 60.4 cm³/mol. The largest absolute Gasteiger partial charge is 0.301 e. The molecule has 0 aromatic rings. The third-order valence-electron chi connectivity index (χ3n) is 3.34. The van der Waals surface area contributed by atoms with E-state index in [0.29, 0.717) is 6.04 Å². The lowest BCUT2D eigenvalue weighted by molar-refractivity contribution is 0.266. The van der Waals surface area contributed by atoms with Crippen molar-refractivity contribution in [2.24, 2.45) is 0 Å². The first kappa shape index (κ1) is 10.9. The lowest BCUT2D eigenvalue weighted by Crippen LogP contribution is -2.35. The first-order valence-corrected chi connectivity index (χ1v) is 6.23. The Balaban J connectivity index is 1.66. The van der Waals surface area contributed by atoms with Crippen LogP contribution < -0.4 is 5.32 Å². The molecule has 1 N–H and O–H groups in total. The molecule has 2 aliphatic carbocycles. The van der Waals surface area contributed by atoms with Gasteiger partial charge in [0.1, 0.15) is 0 Å². The van der Waals surface area contributed by atoms with Crippen molar-refractivity contribution in [2.45, 2.75) is 57.2 Å². The Hall–Kier alpha value is -0.590. The van der Waals surface area contributed by atoms with Crippen LogP contribution in [0.25, 0.3) is 0 Å². The standard InChI is InChI=1S/C12H21N3/c1-2-15(12-5-6-12)8-7-11(9-13)14-10-3-4-10/h10-12,14H,2-8H2,1H3. The summed E-state index contributed by atoms with van der Waals surface area (Å²) in [5.74, 6) is 0. The van der Waals surface area contributed by atoms with Crippen molar-refractivity contribution in [1.82, 2.24) is 10.2 Å². The smallest absolute Gasteiger partial charge is 0.0967 e. The molecule has 1 unspecified atom stereocenters. The summed E-state index contributed by atoms with van der Waals surface area (Å²) in [6.07, 6.45) is 6.23. The molecule has 1 atom stereocenters. The molecule has 0 aliphatic heterocycles. The summed E-state index contributed by atoms with van der Waals surface area (Å²) < 4.78 is 0. The van der Waals surface area contributed by atoms with Gasteiger partial charge in [0.05, 0.1) is 12.1 Å². The molecule has 0 amide bonds. The molecule has 3 heteroatoms. The predicted octanol–water partition coefficient (Wildman–Crippen LogP) is 1.50. The van der Waals surface area contributed by atoms with Crippen LogP contribution in [0, 0.1) is 11.3 Å². The van der Waals surface area contributed by atoms with Crippen LogP contribution in [0.2, 0.25) is 0 Å². The quantitative estimate of drug-likeness (QED) is 0.687. The second kappa shape index (κ2) is 4.96. The van der Waals surface area contributed by atoms with Crippen molar-refractivity contribution in [2.75, 3.05) is 13.1 Å². The fourth-order valence-corrected chi connectivity index (χ4v) is 2.05. The normalized spacial score (nSPS) is 22.7. The molecule has 2 fully saturated rings. The number of hydrogen-bond donors (Lipinski definition) is 1. The summed E-state index contributed by atoms with van der Waals surface area (Å²) in [6.45, 7) is 4.43. The van der Waals surface area contributed by atoms with Crippen LogP contribution in [0.4, 0.5) is 0 Å². The van der Waals surface area contributed by atoms with Gasteiger partial charge in [-0.05, 0) is 38.6 Å². The molecule has 15 heavy (non-hydrogen) atoms. The maximum Gasteiger partial charge on any atom is 0.0967 e. The van der Waals surface area contributed by atoms with E-state index in [9.17, 15) is 0 Å². The molecule has 0 radical (unpaired) electrons. The van der Waals surface area contributed by atoms with Crippen molar-refractivity contribution in [3.05, 3.63) is 0 Å². The highest BCUT2D eigenvalue weighted by atomic mass is 15.2. The van der Waals surface area contributed by atoms with Crippen LogP contribution in [0.15, 0.2) is 0 Å². The summed E-state index contributed by atoms with van der Waals surface area (Å²) in [5.41, 5.74) is 0. The van der Waals surface area contributed by atoms with Crippen LogP contribution in [0.5, 0.6) is 0 Å². The van der Waals surface area contributed by atoms with Gasteiger partial charge >= 0.3 is 0 Å². The van der Waals surface area contributed by atoms with Gasteiger partial charge in [-0.1, -0.05) is 6.92 Å². The number of rotatable bonds is 7. The number of nitrogens with one attached hydrogen (secondary N) is 1. The van der Waals surface area contributed by atoms with Crippen LogP contribution in [-0.2, 0) is 0 Å². The number of hydrogen-bond acceptors (Lipinski definition) is 3. The minimum Gasteiger partial charge on any atom is -0.301 e. The molecule has 0 heterocycles. The third kappa shape index (κ3) is 3.48. The Kier molecular flexibility index (Phi) is 3.61. The van der Waals surface area contributed by atoms with E-state index in [-0.39, 0.29) is 6.04 Å². The van der Waals surface area contributed by atoms with Crippen LogP contribution >= 0.6 is 0 Å². The summed E-state index contributed by atoms with van der Waals surface area (Å²) in [6, 6.07) is 3.92. The van der Waals surface area contributed by atoms with E-state index in [1.54, 1.807) is 0 Å². The Morgan fingerprint density at radius 3 is 2.60 bits per heavy atom. The maximum atomic E-state index is 9.01. The second-order valence-electron chi connectivity index (χ2n) is 4.77. The first-order valence-electron chi connectivity index (χ1n) is 6.23. The van der Waals surface area contributed by atoms with Gasteiger partial charge in [0.15, 0.2) is 0 Å². The lowest BCUT2D eigenvalue weighted by Gasteiger charge is -2.21. The lowest BCUT2D eigenvalue weighted by atomic mass is 10.2. The van der Waals surface area contributed by atoms with Gasteiger partial charge in [-0.15, -0.1) is 0 Å². The number of nitrogens with zero attached hydrogens (tertiary/aromatic N) is 2. The molecule has 0 bridgehead atoms. The van der Waals surface area contributed by atoms with E-state index >= 15 is 0 Å². The minimum atomic E-state index is 0.0744. The van der Waals surface area contributed by atoms with Crippen LogP contribution in [-0.4, -0.2) is 36.1 Å². The summed E-state index contributed by atoms with van der Waals surface area (Å²) in [7, 11) is 0. The summed E-state index contributed by atoms with van der Waals surface area (Å²) in [5, 5.41) is 12.4. The zero-order chi connectivity index (χ0) is 10.7. The van der Waals surface area contributed by atoms with E-state index < -0.39 is 0 Å². The SMILES string of the molecule is CCN(CCC(C#N)NC1CC1)C1CC1. The average molecular weight is 207 g/mol. The Bertz CT molecular complexity index is 238. The fourth-order valence-electron chi connectivity index (χ4n) is 2.05. The highest BCUT2D eigenvalue weighted by Gasteiger charge is 2.29. The minimum absolute atomic E-state index is 0.0744. The van der Waals surface area contributed by atoms with E-state index in [4.69, 9.17) is 5.26 Å².